The number of benzene rings is 2. The number of esters is 2. The van der Waals surface area contributed by atoms with Crippen LogP contribution in [0.5, 0.6) is 0 Å². The van der Waals surface area contributed by atoms with Crippen LogP contribution in [-0.4, -0.2) is 77.1 Å². The molecule has 4 heterocycles. The minimum absolute atomic E-state index is 0.0844. The molecule has 58 heavy (non-hydrogen) atoms. The highest BCUT2D eigenvalue weighted by atomic mass is 19.1. The largest absolute Gasteiger partial charge is 0.459 e. The van der Waals surface area contributed by atoms with Gasteiger partial charge in [-0.05, 0) is 116 Å². The molecule has 12 heteroatoms. The Labute approximate surface area is 339 Å². The third-order valence-electron chi connectivity index (χ3n) is 10.1. The molecule has 2 fully saturated rings. The molecule has 0 spiro atoms. The summed E-state index contributed by atoms with van der Waals surface area (Å²) >= 11 is 0. The van der Waals surface area contributed by atoms with Crippen LogP contribution in [0.25, 0.3) is 12.2 Å². The number of aliphatic hydroxyl groups is 1. The standard InChI is InChI=1S/C23H29FO5.C23H27FO5/c2*1-13-11-14(2)19-16(12-13)7-6-8-18-21(29-23(4,5)28-18)20(25)17(24)10-9-15(3)27-22(19)26/h6-7,10-12,15,18,20-21,25H,8-9H2,1-5H3;6-7,10-12,15,18,21H,8-9H2,1-5H3/b7-6+,17-10+;7-6+,17-10?/t15?,18-,20?,21?;15?,18-,21?/m00/s1. The predicted molar refractivity (Wildman–Crippen MR) is 215 cm³/mol. The monoisotopic (exact) mass is 806 g/mol. The van der Waals surface area contributed by atoms with E-state index in [0.717, 1.165) is 39.5 Å². The third-order valence-corrected chi connectivity index (χ3v) is 10.1. The van der Waals surface area contributed by atoms with Crippen LogP contribution in [0.2, 0.25) is 0 Å². The van der Waals surface area contributed by atoms with Crippen molar-refractivity contribution in [3.63, 3.8) is 0 Å². The molecule has 1 N–H and O–H groups in total. The van der Waals surface area contributed by atoms with Gasteiger partial charge in [0.05, 0.1) is 23.3 Å². The van der Waals surface area contributed by atoms with Crippen molar-refractivity contribution in [1.29, 1.82) is 0 Å². The molecule has 0 saturated carbocycles. The summed E-state index contributed by atoms with van der Waals surface area (Å²) in [5.41, 5.74) is 6.17. The van der Waals surface area contributed by atoms with Gasteiger partial charge in [0.2, 0.25) is 5.78 Å². The number of Topliss-reactive ketones (excluding diaryl/α,β-unsaturated/α-hetero) is 1. The molecular weight excluding hydrogens is 750 g/mol. The van der Waals surface area contributed by atoms with E-state index in [4.69, 9.17) is 28.4 Å². The second-order valence-electron chi connectivity index (χ2n) is 16.5. The van der Waals surface area contributed by atoms with Crippen LogP contribution < -0.4 is 0 Å². The van der Waals surface area contributed by atoms with Crippen molar-refractivity contribution in [3.05, 3.63) is 105 Å². The Hall–Kier alpha value is -4.33. The molecule has 6 rings (SSSR count). The number of carbonyl (C=O) groups is 3. The van der Waals surface area contributed by atoms with E-state index in [1.807, 2.05) is 76.3 Å². The minimum atomic E-state index is -1.45. The van der Waals surface area contributed by atoms with Gasteiger partial charge in [-0.1, -0.05) is 59.7 Å². The van der Waals surface area contributed by atoms with Gasteiger partial charge in [-0.2, -0.15) is 0 Å². The molecule has 0 amide bonds. The number of rotatable bonds is 0. The van der Waals surface area contributed by atoms with Gasteiger partial charge < -0.3 is 33.5 Å². The minimum Gasteiger partial charge on any atom is -0.459 e. The molecule has 0 aliphatic carbocycles. The van der Waals surface area contributed by atoms with E-state index < -0.39 is 83.7 Å². The molecule has 0 aromatic heterocycles. The summed E-state index contributed by atoms with van der Waals surface area (Å²) in [4.78, 5) is 38.1. The van der Waals surface area contributed by atoms with Gasteiger partial charge in [0.1, 0.15) is 30.2 Å². The second-order valence-corrected chi connectivity index (χ2v) is 16.5. The zero-order valence-corrected chi connectivity index (χ0v) is 35.0. The molecular formula is C46H56F2O10. The van der Waals surface area contributed by atoms with Gasteiger partial charge in [0.25, 0.3) is 0 Å². The number of hydrogen-bond acceptors (Lipinski definition) is 10. The number of ether oxygens (including phenoxy) is 6. The highest BCUT2D eigenvalue weighted by Crippen LogP contribution is 2.36. The summed E-state index contributed by atoms with van der Waals surface area (Å²) in [5, 5.41) is 10.5. The molecule has 4 aliphatic heterocycles. The Morgan fingerprint density at radius 2 is 1.10 bits per heavy atom. The van der Waals surface area contributed by atoms with Gasteiger partial charge in [-0.15, -0.1) is 0 Å². The van der Waals surface area contributed by atoms with Gasteiger partial charge >= 0.3 is 11.9 Å². The highest BCUT2D eigenvalue weighted by molar-refractivity contribution is 5.98. The summed E-state index contributed by atoms with van der Waals surface area (Å²) < 4.78 is 63.2. The summed E-state index contributed by atoms with van der Waals surface area (Å²) in [5.74, 6) is -5.18. The van der Waals surface area contributed by atoms with Crippen LogP contribution >= 0.6 is 0 Å². The lowest BCUT2D eigenvalue weighted by molar-refractivity contribution is -0.153. The first-order valence-electron chi connectivity index (χ1n) is 19.8. The number of fused-ring (bicyclic) bond motifs is 4. The molecule has 5 unspecified atom stereocenters. The maximum absolute atomic E-state index is 14.6. The molecule has 2 saturated heterocycles. The Kier molecular flexibility index (Phi) is 14.1. The van der Waals surface area contributed by atoms with Crippen molar-refractivity contribution < 1.29 is 56.7 Å². The maximum atomic E-state index is 14.6. The number of ketones is 1. The van der Waals surface area contributed by atoms with E-state index in [1.165, 1.54) is 6.08 Å². The molecule has 0 radical (unpaired) electrons. The second kappa shape index (κ2) is 18.3. The van der Waals surface area contributed by atoms with Crippen molar-refractivity contribution in [1.82, 2.24) is 0 Å². The number of aliphatic hydroxyl groups excluding tert-OH is 1. The fourth-order valence-electron chi connectivity index (χ4n) is 7.66. The normalized spacial score (nSPS) is 30.8. The number of aryl methyl sites for hydroxylation is 4. The average Bonchev–Trinajstić information content (AvgIpc) is 3.60. The Morgan fingerprint density at radius 3 is 1.64 bits per heavy atom. The fourth-order valence-corrected chi connectivity index (χ4v) is 7.66. The van der Waals surface area contributed by atoms with E-state index in [0.29, 0.717) is 24.0 Å². The fraction of sp³-hybridized carbons (Fsp3) is 0.500. The summed E-state index contributed by atoms with van der Waals surface area (Å²) in [6, 6.07) is 7.70. The van der Waals surface area contributed by atoms with Crippen LogP contribution in [0.3, 0.4) is 0 Å². The first kappa shape index (κ1) is 44.8. The SMILES string of the molecule is Cc1cc(C)c2c(c1)/C=C/C[C@@H]1OC(C)(C)OC1C(=O)C(F)=CCC(C)OC2=O.Cc1cc(C)c2c(c1)/C=C/C[C@@H]1OC(C)(C)OC1C(O)/C(F)=C\CC(C)OC2=O. The van der Waals surface area contributed by atoms with Gasteiger partial charge in [0, 0.05) is 12.8 Å². The van der Waals surface area contributed by atoms with E-state index >= 15 is 0 Å². The molecule has 314 valence electrons. The van der Waals surface area contributed by atoms with Gasteiger partial charge in [0.15, 0.2) is 23.5 Å². The zero-order chi connectivity index (χ0) is 42.7. The first-order chi connectivity index (χ1) is 27.1. The van der Waals surface area contributed by atoms with Crippen molar-refractivity contribution in [2.75, 3.05) is 0 Å². The molecule has 4 aliphatic rings. The maximum Gasteiger partial charge on any atom is 0.339 e. The van der Waals surface area contributed by atoms with E-state index in [9.17, 15) is 28.3 Å². The average molecular weight is 807 g/mol. The van der Waals surface area contributed by atoms with E-state index in [1.54, 1.807) is 41.5 Å². The van der Waals surface area contributed by atoms with Gasteiger partial charge in [-0.25, -0.2) is 18.4 Å². The Bertz CT molecular complexity index is 2010. The summed E-state index contributed by atoms with van der Waals surface area (Å²) in [7, 11) is 0. The quantitative estimate of drug-likeness (QED) is 0.258. The number of hydrogen-bond donors (Lipinski definition) is 1. The van der Waals surface area contributed by atoms with Crippen LogP contribution in [0, 0.1) is 27.7 Å². The predicted octanol–water partition coefficient (Wildman–Crippen LogP) is 8.99. The molecule has 7 atom stereocenters. The molecule has 10 nitrogen and oxygen atoms in total. The zero-order valence-electron chi connectivity index (χ0n) is 35.0. The van der Waals surface area contributed by atoms with Gasteiger partial charge in [-0.3, -0.25) is 4.79 Å². The number of carbonyl (C=O) groups excluding carboxylic acids is 3. The smallest absolute Gasteiger partial charge is 0.339 e. The Balaban J connectivity index is 0.000000221. The summed E-state index contributed by atoms with van der Waals surface area (Å²) in [6.45, 7) is 17.9. The third kappa shape index (κ3) is 11.0. The topological polar surface area (TPSA) is 127 Å². The van der Waals surface area contributed by atoms with Crippen molar-refractivity contribution in [3.8, 4) is 0 Å². The molecule has 2 aromatic carbocycles. The van der Waals surface area contributed by atoms with Crippen LogP contribution in [0.15, 0.2) is 60.2 Å². The van der Waals surface area contributed by atoms with Crippen LogP contribution in [0.1, 0.15) is 121 Å². The molecule has 2 aromatic rings. The van der Waals surface area contributed by atoms with E-state index in [-0.39, 0.29) is 12.8 Å². The molecule has 0 bridgehead atoms. The Morgan fingerprint density at radius 1 is 0.638 bits per heavy atom. The highest BCUT2D eigenvalue weighted by Gasteiger charge is 2.46. The summed E-state index contributed by atoms with van der Waals surface area (Å²) in [6.07, 6.45) is 5.13. The lowest BCUT2D eigenvalue weighted by Gasteiger charge is -2.22. The number of cyclic esters (lactones) is 2. The van der Waals surface area contributed by atoms with Crippen molar-refractivity contribution in [2.24, 2.45) is 0 Å². The number of halogens is 2. The lowest BCUT2D eigenvalue weighted by Crippen LogP contribution is -2.36. The first-order valence-corrected chi connectivity index (χ1v) is 19.8. The van der Waals surface area contributed by atoms with Crippen molar-refractivity contribution in [2.45, 2.75) is 149 Å². The van der Waals surface area contributed by atoms with E-state index in [2.05, 4.69) is 0 Å². The van der Waals surface area contributed by atoms with Crippen LogP contribution in [0.4, 0.5) is 8.78 Å². The lowest BCUT2D eigenvalue weighted by atomic mass is 9.97. The van der Waals surface area contributed by atoms with Crippen molar-refractivity contribution >= 4 is 29.9 Å². The van der Waals surface area contributed by atoms with Crippen LogP contribution in [-0.2, 0) is 33.2 Å².